The quantitative estimate of drug-likeness (QED) is 0.434. The highest BCUT2D eigenvalue weighted by Crippen LogP contribution is 2.30. The average molecular weight is 470 g/mol. The molecule has 0 aliphatic carbocycles. The zero-order valence-electron chi connectivity index (χ0n) is 19.3. The molecule has 1 amide bonds. The Morgan fingerprint density at radius 3 is 2.60 bits per heavy atom. The van der Waals surface area contributed by atoms with Crippen molar-refractivity contribution in [2.24, 2.45) is 14.1 Å². The Hall–Kier alpha value is -4.79. The molecule has 176 valence electrons. The van der Waals surface area contributed by atoms with E-state index < -0.39 is 6.04 Å². The van der Waals surface area contributed by atoms with Crippen LogP contribution in [0.25, 0.3) is 11.3 Å². The minimum Gasteiger partial charge on any atom is -0.343 e. The van der Waals surface area contributed by atoms with Gasteiger partial charge in [-0.25, -0.2) is 15.0 Å². The topological polar surface area (TPSA) is 142 Å². The molecule has 0 radical (unpaired) electrons. The molecule has 0 unspecified atom stereocenters. The van der Waals surface area contributed by atoms with Crippen LogP contribution in [-0.4, -0.2) is 53.0 Å². The van der Waals surface area contributed by atoms with Crippen LogP contribution in [0.3, 0.4) is 0 Å². The van der Waals surface area contributed by atoms with E-state index in [-0.39, 0.29) is 5.91 Å². The van der Waals surface area contributed by atoms with E-state index in [0.29, 0.717) is 47.2 Å². The summed E-state index contributed by atoms with van der Waals surface area (Å²) in [5, 5.41) is 24.1. The van der Waals surface area contributed by atoms with Crippen LogP contribution in [0, 0.1) is 11.3 Å². The highest BCUT2D eigenvalue weighted by molar-refractivity contribution is 5.97. The maximum Gasteiger partial charge on any atom is 0.247 e. The van der Waals surface area contributed by atoms with Gasteiger partial charge in [0.2, 0.25) is 11.9 Å². The molecule has 4 aromatic heterocycles. The molecule has 12 nitrogen and oxygen atoms in total. The number of aromatic nitrogens is 7. The first-order valence-corrected chi connectivity index (χ1v) is 11.1. The number of nitriles is 1. The van der Waals surface area contributed by atoms with Crippen molar-refractivity contribution in [2.75, 3.05) is 22.1 Å². The van der Waals surface area contributed by atoms with Gasteiger partial charge in [0.15, 0.2) is 0 Å². The second kappa shape index (κ2) is 9.22. The van der Waals surface area contributed by atoms with Gasteiger partial charge in [0, 0.05) is 51.0 Å². The normalized spacial score (nSPS) is 15.1. The Morgan fingerprint density at radius 1 is 1.11 bits per heavy atom. The number of amides is 1. The predicted octanol–water partition coefficient (Wildman–Crippen LogP) is 2.23. The van der Waals surface area contributed by atoms with Crippen LogP contribution in [0.1, 0.15) is 18.4 Å². The maximum absolute atomic E-state index is 13.0. The molecule has 0 aromatic carbocycles. The minimum atomic E-state index is -0.421. The summed E-state index contributed by atoms with van der Waals surface area (Å²) in [6.45, 7) is 0.638. The molecular formula is C23H23N11O. The number of carbonyl (C=O) groups excluding carboxylic acids is 1. The van der Waals surface area contributed by atoms with Gasteiger partial charge in [-0.05, 0) is 25.0 Å². The number of hydrogen-bond donors (Lipinski definition) is 2. The minimum absolute atomic E-state index is 0.146. The largest absolute Gasteiger partial charge is 0.343 e. The second-order valence-electron chi connectivity index (χ2n) is 8.24. The smallest absolute Gasteiger partial charge is 0.247 e. The van der Waals surface area contributed by atoms with E-state index in [1.54, 1.807) is 59.5 Å². The van der Waals surface area contributed by atoms with Crippen LogP contribution >= 0.6 is 0 Å². The molecule has 35 heavy (non-hydrogen) atoms. The van der Waals surface area contributed by atoms with Gasteiger partial charge in [0.25, 0.3) is 0 Å². The van der Waals surface area contributed by atoms with Crippen LogP contribution in [-0.2, 0) is 18.9 Å². The van der Waals surface area contributed by atoms with E-state index in [4.69, 9.17) is 0 Å². The molecule has 1 fully saturated rings. The van der Waals surface area contributed by atoms with Gasteiger partial charge in [-0.1, -0.05) is 0 Å². The Labute approximate surface area is 201 Å². The summed E-state index contributed by atoms with van der Waals surface area (Å²) in [7, 11) is 3.62. The lowest BCUT2D eigenvalue weighted by Gasteiger charge is -2.25. The van der Waals surface area contributed by atoms with Crippen molar-refractivity contribution < 1.29 is 4.79 Å². The van der Waals surface area contributed by atoms with Crippen molar-refractivity contribution in [3.05, 3.63) is 54.9 Å². The lowest BCUT2D eigenvalue weighted by molar-refractivity contribution is -0.117. The van der Waals surface area contributed by atoms with Gasteiger partial charge in [-0.3, -0.25) is 14.2 Å². The summed E-state index contributed by atoms with van der Waals surface area (Å²) in [6, 6.07) is 5.31. The Bertz CT molecular complexity index is 1420. The summed E-state index contributed by atoms with van der Waals surface area (Å²) in [5.41, 5.74) is 3.07. The number of hydrogen-bond acceptors (Lipinski definition) is 9. The molecule has 12 heteroatoms. The van der Waals surface area contributed by atoms with Crippen molar-refractivity contribution >= 4 is 29.0 Å². The number of carbonyl (C=O) groups is 1. The van der Waals surface area contributed by atoms with Gasteiger partial charge in [0.05, 0.1) is 35.0 Å². The van der Waals surface area contributed by atoms with Crippen LogP contribution in [0.15, 0.2) is 49.3 Å². The maximum atomic E-state index is 13.0. The lowest BCUT2D eigenvalue weighted by atomic mass is 10.1. The molecular weight excluding hydrogens is 446 g/mol. The molecule has 1 aliphatic rings. The zero-order chi connectivity index (χ0) is 24.4. The third-order valence-electron chi connectivity index (χ3n) is 5.70. The third kappa shape index (κ3) is 4.65. The molecule has 2 N–H and O–H groups in total. The highest BCUT2D eigenvalue weighted by atomic mass is 16.2. The molecule has 0 saturated carbocycles. The molecule has 1 aliphatic heterocycles. The fourth-order valence-electron chi connectivity index (χ4n) is 4.11. The van der Waals surface area contributed by atoms with Gasteiger partial charge < -0.3 is 15.5 Å². The first-order valence-electron chi connectivity index (χ1n) is 11.1. The summed E-state index contributed by atoms with van der Waals surface area (Å²) >= 11 is 0. The molecule has 0 bridgehead atoms. The summed E-state index contributed by atoms with van der Waals surface area (Å²) in [4.78, 5) is 28.2. The molecule has 1 saturated heterocycles. The summed E-state index contributed by atoms with van der Waals surface area (Å²) in [5.74, 6) is 0.750. The van der Waals surface area contributed by atoms with Gasteiger partial charge in [-0.2, -0.15) is 15.5 Å². The average Bonchev–Trinajstić information content (AvgIpc) is 3.60. The van der Waals surface area contributed by atoms with Crippen molar-refractivity contribution in [2.45, 2.75) is 18.9 Å². The predicted molar refractivity (Wildman–Crippen MR) is 129 cm³/mol. The van der Waals surface area contributed by atoms with E-state index in [1.807, 2.05) is 18.1 Å². The van der Waals surface area contributed by atoms with Crippen LogP contribution < -0.4 is 15.5 Å². The van der Waals surface area contributed by atoms with Gasteiger partial charge in [-0.15, -0.1) is 0 Å². The van der Waals surface area contributed by atoms with Crippen LogP contribution in [0.2, 0.25) is 0 Å². The SMILES string of the molecule is Cn1cc(NC(=O)[C@H]2CCCN2c2ncc(-c3ccnc(Nc4cnn(C)c4)n3)cc2C#N)cn1. The van der Waals surface area contributed by atoms with E-state index in [1.165, 1.54) is 0 Å². The zero-order valence-corrected chi connectivity index (χ0v) is 19.3. The number of rotatable bonds is 6. The van der Waals surface area contributed by atoms with Crippen molar-refractivity contribution in [1.82, 2.24) is 34.5 Å². The monoisotopic (exact) mass is 469 g/mol. The third-order valence-corrected chi connectivity index (χ3v) is 5.70. The van der Waals surface area contributed by atoms with Crippen LogP contribution in [0.4, 0.5) is 23.1 Å². The standard InChI is InChI=1S/C23H23N11O/c1-32-13-17(11-27-32)29-22(35)20-4-3-7-34(20)21-15(9-24)8-16(10-26-21)19-5-6-25-23(31-19)30-18-12-28-33(2)14-18/h5-6,8,10-14,20H,3-4,7H2,1-2H3,(H,29,35)(H,25,30,31)/t20-/m1/s1. The van der Waals surface area contributed by atoms with E-state index in [9.17, 15) is 10.1 Å². The number of pyridine rings is 1. The highest BCUT2D eigenvalue weighted by Gasteiger charge is 2.33. The van der Waals surface area contributed by atoms with Crippen molar-refractivity contribution in [3.63, 3.8) is 0 Å². The molecule has 0 spiro atoms. The summed E-state index contributed by atoms with van der Waals surface area (Å²) < 4.78 is 3.30. The Morgan fingerprint density at radius 2 is 1.89 bits per heavy atom. The molecule has 5 rings (SSSR count). The fraction of sp³-hybridized carbons (Fsp3) is 0.261. The number of nitrogens with one attached hydrogen (secondary N) is 2. The van der Waals surface area contributed by atoms with Crippen LogP contribution in [0.5, 0.6) is 0 Å². The number of aryl methyl sites for hydroxylation is 2. The molecule has 1 atom stereocenters. The number of nitrogens with zero attached hydrogens (tertiary/aromatic N) is 9. The Kier molecular flexibility index (Phi) is 5.80. The molecule has 4 aromatic rings. The Balaban J connectivity index is 1.38. The summed E-state index contributed by atoms with van der Waals surface area (Å²) in [6.07, 6.45) is 11.6. The lowest BCUT2D eigenvalue weighted by Crippen LogP contribution is -2.40. The van der Waals surface area contributed by atoms with E-state index >= 15 is 0 Å². The van der Waals surface area contributed by atoms with Crippen molar-refractivity contribution in [1.29, 1.82) is 5.26 Å². The first kappa shape index (κ1) is 22.0. The van der Waals surface area contributed by atoms with Gasteiger partial charge >= 0.3 is 0 Å². The van der Waals surface area contributed by atoms with Gasteiger partial charge in [0.1, 0.15) is 17.9 Å². The van der Waals surface area contributed by atoms with E-state index in [0.717, 1.165) is 12.1 Å². The van der Waals surface area contributed by atoms with E-state index in [2.05, 4.69) is 41.9 Å². The first-order chi connectivity index (χ1) is 17.0. The second-order valence-corrected chi connectivity index (χ2v) is 8.24. The fourth-order valence-corrected chi connectivity index (χ4v) is 4.11. The molecule has 5 heterocycles. The van der Waals surface area contributed by atoms with Crippen molar-refractivity contribution in [3.8, 4) is 17.3 Å². The number of anilines is 4.